The van der Waals surface area contributed by atoms with Gasteiger partial charge in [-0.3, -0.25) is 14.5 Å². The molecule has 1 N–H and O–H groups in total. The lowest BCUT2D eigenvalue weighted by Crippen LogP contribution is -2.50. The number of hydrogen-bond acceptors (Lipinski definition) is 7. The lowest BCUT2D eigenvalue weighted by Gasteiger charge is -2.33. The van der Waals surface area contributed by atoms with E-state index in [1.807, 2.05) is 27.7 Å². The molecule has 198 valence electrons. The summed E-state index contributed by atoms with van der Waals surface area (Å²) in [6.45, 7) is 7.39. The van der Waals surface area contributed by atoms with Gasteiger partial charge in [0.05, 0.1) is 18.6 Å². The largest absolute Gasteiger partial charge is 0.492 e. The average molecular weight is 521 g/mol. The van der Waals surface area contributed by atoms with Crippen molar-refractivity contribution in [1.82, 2.24) is 25.5 Å². The van der Waals surface area contributed by atoms with E-state index in [0.717, 1.165) is 4.80 Å². The smallest absolute Gasteiger partial charge is 0.251 e. The van der Waals surface area contributed by atoms with Crippen molar-refractivity contribution in [2.75, 3.05) is 11.5 Å². The molecule has 0 saturated carbocycles. The van der Waals surface area contributed by atoms with Gasteiger partial charge in [-0.25, -0.2) is 4.39 Å². The van der Waals surface area contributed by atoms with Gasteiger partial charge in [-0.1, -0.05) is 12.1 Å². The third-order valence-electron chi connectivity index (χ3n) is 5.34. The number of nitrogens with zero attached hydrogens (tertiary/aromatic N) is 5. The molecular formula is C27H29FN6O4. The van der Waals surface area contributed by atoms with E-state index in [9.17, 15) is 14.0 Å². The summed E-state index contributed by atoms with van der Waals surface area (Å²) in [4.78, 5) is 30.0. The van der Waals surface area contributed by atoms with Crippen LogP contribution in [0.4, 0.5) is 10.1 Å². The highest BCUT2D eigenvalue weighted by Crippen LogP contribution is 2.35. The Hall–Kier alpha value is -4.54. The van der Waals surface area contributed by atoms with Crippen LogP contribution in [0, 0.1) is 5.82 Å². The summed E-state index contributed by atoms with van der Waals surface area (Å²) in [7, 11) is 0. The molecule has 0 fully saturated rings. The molecule has 4 rings (SSSR count). The standard InChI is InChI=1S/C27H29FN6O4/c1-5-37-21-10-7-6-9-20(21)34(24(22-11-8-16-38-22)26(36)29-27(2,3)4)23(35)17-33-31-25(30-32-33)18-12-14-19(28)15-13-18/h6-16,24H,5,17H2,1-4H3,(H,29,36)/t24-/m1/s1. The second kappa shape index (κ2) is 11.2. The van der Waals surface area contributed by atoms with Crippen molar-refractivity contribution in [1.29, 1.82) is 0 Å². The van der Waals surface area contributed by atoms with E-state index in [4.69, 9.17) is 9.15 Å². The zero-order chi connectivity index (χ0) is 27.3. The number of carbonyl (C=O) groups is 2. The van der Waals surface area contributed by atoms with Gasteiger partial charge in [-0.15, -0.1) is 10.2 Å². The van der Waals surface area contributed by atoms with Crippen molar-refractivity contribution in [3.05, 3.63) is 78.5 Å². The number of furan rings is 1. The molecule has 1 atom stereocenters. The maximum atomic E-state index is 13.9. The number of ether oxygens (including phenoxy) is 1. The van der Waals surface area contributed by atoms with E-state index in [2.05, 4.69) is 20.7 Å². The van der Waals surface area contributed by atoms with Gasteiger partial charge in [-0.2, -0.15) is 4.80 Å². The minimum absolute atomic E-state index is 0.229. The first kappa shape index (κ1) is 26.5. The zero-order valence-electron chi connectivity index (χ0n) is 21.6. The summed E-state index contributed by atoms with van der Waals surface area (Å²) in [6.07, 6.45) is 1.44. The zero-order valence-corrected chi connectivity index (χ0v) is 21.6. The first-order valence-electron chi connectivity index (χ1n) is 12.1. The molecule has 2 heterocycles. The summed E-state index contributed by atoms with van der Waals surface area (Å²) >= 11 is 0. The van der Waals surface area contributed by atoms with Crippen molar-refractivity contribution >= 4 is 17.5 Å². The van der Waals surface area contributed by atoms with Crippen molar-refractivity contribution < 1.29 is 23.1 Å². The molecule has 2 aromatic heterocycles. The maximum absolute atomic E-state index is 13.9. The number of aromatic nitrogens is 4. The van der Waals surface area contributed by atoms with E-state index in [1.54, 1.807) is 36.4 Å². The van der Waals surface area contributed by atoms with Crippen LogP contribution in [0.3, 0.4) is 0 Å². The van der Waals surface area contributed by atoms with Crippen LogP contribution < -0.4 is 15.0 Å². The molecule has 0 aliphatic carbocycles. The Morgan fingerprint density at radius 3 is 2.50 bits per heavy atom. The minimum atomic E-state index is -1.15. The van der Waals surface area contributed by atoms with Crippen molar-refractivity contribution in [3.63, 3.8) is 0 Å². The number of anilines is 1. The quantitative estimate of drug-likeness (QED) is 0.352. The van der Waals surface area contributed by atoms with E-state index in [0.29, 0.717) is 23.6 Å². The monoisotopic (exact) mass is 520 g/mol. The molecule has 0 bridgehead atoms. The maximum Gasteiger partial charge on any atom is 0.251 e. The van der Waals surface area contributed by atoms with Crippen LogP contribution in [-0.2, 0) is 16.1 Å². The number of amides is 2. The molecule has 10 nitrogen and oxygen atoms in total. The second-order valence-corrected chi connectivity index (χ2v) is 9.47. The lowest BCUT2D eigenvalue weighted by molar-refractivity contribution is -0.128. The molecule has 38 heavy (non-hydrogen) atoms. The van der Waals surface area contributed by atoms with Crippen LogP contribution in [0.2, 0.25) is 0 Å². The molecule has 0 aliphatic heterocycles. The highest BCUT2D eigenvalue weighted by molar-refractivity contribution is 6.02. The fourth-order valence-corrected chi connectivity index (χ4v) is 3.83. The van der Waals surface area contributed by atoms with Crippen LogP contribution in [0.25, 0.3) is 11.4 Å². The molecule has 0 saturated heterocycles. The van der Waals surface area contributed by atoms with Crippen LogP contribution in [0.1, 0.15) is 39.5 Å². The Balaban J connectivity index is 1.74. The first-order chi connectivity index (χ1) is 18.2. The van der Waals surface area contributed by atoms with Crippen LogP contribution in [-0.4, -0.2) is 44.2 Å². The highest BCUT2D eigenvalue weighted by atomic mass is 19.1. The lowest BCUT2D eigenvalue weighted by atomic mass is 10.1. The topological polar surface area (TPSA) is 115 Å². The van der Waals surface area contributed by atoms with Gasteiger partial charge >= 0.3 is 0 Å². The third-order valence-corrected chi connectivity index (χ3v) is 5.34. The summed E-state index contributed by atoms with van der Waals surface area (Å²) in [5.74, 6) is -0.423. The van der Waals surface area contributed by atoms with Gasteiger partial charge in [0.15, 0.2) is 6.04 Å². The molecule has 11 heteroatoms. The van der Waals surface area contributed by atoms with E-state index < -0.39 is 29.2 Å². The van der Waals surface area contributed by atoms with E-state index in [-0.39, 0.29) is 18.1 Å². The number of halogens is 1. The Morgan fingerprint density at radius 1 is 1.11 bits per heavy atom. The minimum Gasteiger partial charge on any atom is -0.492 e. The molecule has 0 spiro atoms. The van der Waals surface area contributed by atoms with Gasteiger partial charge in [0.2, 0.25) is 5.82 Å². The number of para-hydroxylation sites is 2. The number of carbonyl (C=O) groups excluding carboxylic acids is 2. The number of hydrogen-bond donors (Lipinski definition) is 1. The van der Waals surface area contributed by atoms with E-state index >= 15 is 0 Å². The van der Waals surface area contributed by atoms with Crippen LogP contribution >= 0.6 is 0 Å². The first-order valence-corrected chi connectivity index (χ1v) is 12.1. The highest BCUT2D eigenvalue weighted by Gasteiger charge is 2.38. The van der Waals surface area contributed by atoms with Crippen molar-refractivity contribution in [2.24, 2.45) is 0 Å². The SMILES string of the molecule is CCOc1ccccc1N(C(=O)Cn1nnc(-c2ccc(F)cc2)n1)[C@@H](C(=O)NC(C)(C)C)c1ccco1. The molecule has 0 radical (unpaired) electrons. The molecule has 0 unspecified atom stereocenters. The normalized spacial score (nSPS) is 12.1. The number of benzene rings is 2. The molecule has 4 aromatic rings. The van der Waals surface area contributed by atoms with Crippen molar-refractivity contribution in [3.8, 4) is 17.1 Å². The Labute approximate surface area is 219 Å². The Morgan fingerprint density at radius 2 is 1.84 bits per heavy atom. The van der Waals surface area contributed by atoms with Gasteiger partial charge in [0.25, 0.3) is 11.8 Å². The number of tetrazole rings is 1. The van der Waals surface area contributed by atoms with Crippen LogP contribution in [0.15, 0.2) is 71.3 Å². The molecule has 2 amide bonds. The molecule has 0 aliphatic rings. The Kier molecular flexibility index (Phi) is 7.85. The third kappa shape index (κ3) is 6.23. The van der Waals surface area contributed by atoms with Gasteiger partial charge < -0.3 is 14.5 Å². The number of rotatable bonds is 9. The van der Waals surface area contributed by atoms with Gasteiger partial charge in [0.1, 0.15) is 23.9 Å². The molecular weight excluding hydrogens is 491 g/mol. The summed E-state index contributed by atoms with van der Waals surface area (Å²) in [5, 5.41) is 15.2. The predicted octanol–water partition coefficient (Wildman–Crippen LogP) is 4.16. The Bertz CT molecular complexity index is 1380. The van der Waals surface area contributed by atoms with E-state index in [1.165, 1.54) is 35.4 Å². The predicted molar refractivity (Wildman–Crippen MR) is 138 cm³/mol. The fourth-order valence-electron chi connectivity index (χ4n) is 3.83. The van der Waals surface area contributed by atoms with Gasteiger partial charge in [0, 0.05) is 11.1 Å². The summed E-state index contributed by atoms with van der Waals surface area (Å²) < 4.78 is 24.7. The molecule has 2 aromatic carbocycles. The fraction of sp³-hybridized carbons (Fsp3) is 0.296. The average Bonchev–Trinajstić information content (AvgIpc) is 3.55. The summed E-state index contributed by atoms with van der Waals surface area (Å²) in [5.41, 5.74) is 0.346. The number of nitrogens with one attached hydrogen (secondary N) is 1. The van der Waals surface area contributed by atoms with Crippen LogP contribution in [0.5, 0.6) is 5.75 Å². The summed E-state index contributed by atoms with van der Waals surface area (Å²) in [6, 6.07) is 14.7. The van der Waals surface area contributed by atoms with Gasteiger partial charge in [-0.05, 0) is 81.4 Å². The second-order valence-electron chi connectivity index (χ2n) is 9.47. The van der Waals surface area contributed by atoms with Crippen molar-refractivity contribution in [2.45, 2.75) is 45.8 Å².